The molecule has 12 aromatic rings. The Balaban J connectivity index is 1.07. The van der Waals surface area contributed by atoms with E-state index < -0.39 is 16.1 Å². The van der Waals surface area contributed by atoms with Gasteiger partial charge in [0.1, 0.15) is 38.9 Å². The number of para-hydroxylation sites is 4. The van der Waals surface area contributed by atoms with E-state index >= 15 is 0 Å². The highest BCUT2D eigenvalue weighted by Gasteiger charge is 2.40. The second-order valence-corrected chi connectivity index (χ2v) is 29.7. The van der Waals surface area contributed by atoms with Crippen LogP contribution >= 0.6 is 0 Å². The smallest absolute Gasteiger partial charge is 0.182 e. The van der Waals surface area contributed by atoms with Crippen LogP contribution in [0.1, 0.15) is 0 Å². The Morgan fingerprint density at radius 2 is 0.512 bits per heavy atom. The van der Waals surface area contributed by atoms with Crippen LogP contribution in [0.3, 0.4) is 0 Å². The van der Waals surface area contributed by atoms with Gasteiger partial charge in [0, 0.05) is 70.0 Å². The van der Waals surface area contributed by atoms with Gasteiger partial charge in [-0.1, -0.05) is 123 Å². The Morgan fingerprint density at radius 3 is 0.787 bits per heavy atom. The van der Waals surface area contributed by atoms with Crippen LogP contribution in [0.4, 0.5) is 34.1 Å². The fourth-order valence-electron chi connectivity index (χ4n) is 11.4. The molecule has 0 amide bonds. The lowest BCUT2D eigenvalue weighted by molar-refractivity contribution is 1.04. The molecule has 80 heavy (non-hydrogen) atoms. The average molecular weight is 1070 g/mol. The maximum atomic E-state index is 5.26. The van der Waals surface area contributed by atoms with Gasteiger partial charge in [-0.05, 0) is 141 Å². The van der Waals surface area contributed by atoms with Gasteiger partial charge in [-0.15, -0.1) is 0 Å². The van der Waals surface area contributed by atoms with E-state index in [0.29, 0.717) is 57.7 Å². The molecule has 382 valence electrons. The molecular weight excluding hydrogens is 1020 g/mol. The molecule has 0 unspecified atom stereocenters. The first-order chi connectivity index (χ1) is 39.2. The fraction of sp³-hybridized carbons (Fsp3) is 0.0606. The summed E-state index contributed by atoms with van der Waals surface area (Å²) in [6, 6.07) is 71.8. The number of pyridine rings is 4. The highest BCUT2D eigenvalue weighted by molar-refractivity contribution is 7.03. The number of hydrogen-bond donors (Lipinski definition) is 0. The molecule has 0 atom stereocenters. The molecule has 6 aromatic carbocycles. The minimum Gasteiger partial charge on any atom is -0.311 e. The number of fused-ring (bicyclic) bond motifs is 4. The summed E-state index contributed by atoms with van der Waals surface area (Å²) in [6.07, 6.45) is 7.02. The summed E-state index contributed by atoms with van der Waals surface area (Å²) in [5, 5.41) is 5.39. The summed E-state index contributed by atoms with van der Waals surface area (Å²) in [5.74, 6) is 2.68. The van der Waals surface area contributed by atoms with Gasteiger partial charge in [-0.2, -0.15) is 0 Å². The molecule has 14 rings (SSSR count). The molecule has 0 fully saturated rings. The molecular formula is C66H50N12Si2. The van der Waals surface area contributed by atoms with Crippen LogP contribution in [0, 0.1) is 0 Å². The van der Waals surface area contributed by atoms with Crippen molar-refractivity contribution in [3.63, 3.8) is 0 Å². The number of anilines is 6. The summed E-state index contributed by atoms with van der Waals surface area (Å²) in [4.78, 5) is 54.7. The summed E-state index contributed by atoms with van der Waals surface area (Å²) in [6.45, 7) is 9.78. The molecule has 8 heterocycles. The molecule has 0 saturated heterocycles. The Labute approximate surface area is 465 Å². The van der Waals surface area contributed by atoms with E-state index in [-0.39, 0.29) is 0 Å². The highest BCUT2D eigenvalue weighted by Crippen LogP contribution is 2.45. The summed E-state index contributed by atoms with van der Waals surface area (Å²) >= 11 is 0. The zero-order chi connectivity index (χ0) is 54.0. The normalized spacial score (nSPS) is 13.7. The van der Waals surface area contributed by atoms with E-state index in [2.05, 4.69) is 169 Å². The molecule has 0 N–H and O–H groups in total. The Hall–Kier alpha value is -10.0. The lowest BCUT2D eigenvalue weighted by Gasteiger charge is -2.41. The number of aromatic nitrogens is 10. The van der Waals surface area contributed by atoms with E-state index in [4.69, 9.17) is 49.8 Å². The van der Waals surface area contributed by atoms with Crippen molar-refractivity contribution in [2.24, 2.45) is 0 Å². The molecule has 0 radical (unpaired) electrons. The molecule has 6 aromatic heterocycles. The average Bonchev–Trinajstić information content (AvgIpc) is 3.66. The first-order valence-electron chi connectivity index (χ1n) is 26.6. The van der Waals surface area contributed by atoms with Crippen LogP contribution in [0.25, 0.3) is 80.0 Å². The van der Waals surface area contributed by atoms with Crippen LogP contribution in [-0.4, -0.2) is 66.0 Å². The highest BCUT2D eigenvalue weighted by atomic mass is 28.3. The van der Waals surface area contributed by atoms with Crippen LogP contribution in [-0.2, 0) is 0 Å². The lowest BCUT2D eigenvalue weighted by atomic mass is 9.97. The number of benzene rings is 6. The standard InChI is InChI=1S/C66H50N12Si2/c1-79(2)57-29-9-5-25-53(57)77(54-26-6-10-30-58(54)79)47-39-43(37-45(41-47)61-71-63(49-21-13-17-33-67-49)75-64(72-61)50-22-14-18-34-68-50)44-38-46(62-73-65(51-23-15-19-35-69-51)76-66(74-62)52-24-16-20-36-70-52)42-48(40-44)78-55-27-7-11-31-59(55)80(3,4)60-32-12-8-28-56(60)78/h5-42H,1-4H3. The van der Waals surface area contributed by atoms with Gasteiger partial charge in [0.2, 0.25) is 0 Å². The van der Waals surface area contributed by atoms with Gasteiger partial charge in [0.15, 0.2) is 34.9 Å². The number of hydrogen-bond acceptors (Lipinski definition) is 12. The van der Waals surface area contributed by atoms with Crippen molar-refractivity contribution in [3.8, 4) is 80.0 Å². The quantitative estimate of drug-likeness (QED) is 0.127. The summed E-state index contributed by atoms with van der Waals surface area (Å²) in [5.41, 5.74) is 12.3. The molecule has 2 aliphatic heterocycles. The monoisotopic (exact) mass is 1070 g/mol. The van der Waals surface area contributed by atoms with Gasteiger partial charge >= 0.3 is 0 Å². The molecule has 2 aliphatic rings. The van der Waals surface area contributed by atoms with Crippen molar-refractivity contribution in [3.05, 3.63) is 231 Å². The molecule has 0 spiro atoms. The molecule has 0 bridgehead atoms. The Bertz CT molecular complexity index is 3840. The molecule has 0 saturated carbocycles. The van der Waals surface area contributed by atoms with Gasteiger partial charge in [0.25, 0.3) is 0 Å². The minimum absolute atomic E-state index is 0.435. The molecule has 0 aliphatic carbocycles. The third kappa shape index (κ3) is 8.45. The largest absolute Gasteiger partial charge is 0.311 e. The van der Waals surface area contributed by atoms with E-state index in [0.717, 1.165) is 56.4 Å². The van der Waals surface area contributed by atoms with Crippen molar-refractivity contribution in [2.45, 2.75) is 26.2 Å². The number of nitrogens with zero attached hydrogens (tertiary/aromatic N) is 12. The van der Waals surface area contributed by atoms with Gasteiger partial charge in [-0.25, -0.2) is 29.9 Å². The van der Waals surface area contributed by atoms with E-state index in [9.17, 15) is 0 Å². The predicted molar refractivity (Wildman–Crippen MR) is 325 cm³/mol. The second kappa shape index (κ2) is 19.5. The Morgan fingerprint density at radius 1 is 0.263 bits per heavy atom. The maximum absolute atomic E-state index is 5.26. The topological polar surface area (TPSA) is 135 Å². The van der Waals surface area contributed by atoms with E-state index in [1.165, 1.54) is 20.7 Å². The third-order valence-electron chi connectivity index (χ3n) is 15.3. The van der Waals surface area contributed by atoms with E-state index in [1.54, 1.807) is 24.8 Å². The minimum atomic E-state index is -2.17. The van der Waals surface area contributed by atoms with Crippen molar-refractivity contribution in [1.29, 1.82) is 0 Å². The van der Waals surface area contributed by atoms with Crippen molar-refractivity contribution >= 4 is 71.0 Å². The SMILES string of the molecule is C[Si]1(C)c2ccccc2N(c2cc(-c3cc(-c4nc(-c5ccccn5)nc(-c5ccccn5)n4)cc(N4c5ccccc5[Si](C)(C)c5ccccc54)c3)cc(-c3nc(-c4ccccn4)nc(-c4ccccn4)n3)c2)c2ccccc21. The Kier molecular flexibility index (Phi) is 11.8. The van der Waals surface area contributed by atoms with E-state index in [1.807, 2.05) is 72.8 Å². The van der Waals surface area contributed by atoms with Crippen molar-refractivity contribution < 1.29 is 0 Å². The zero-order valence-electron chi connectivity index (χ0n) is 44.3. The van der Waals surface area contributed by atoms with Gasteiger partial charge in [0.05, 0.1) is 0 Å². The zero-order valence-corrected chi connectivity index (χ0v) is 46.3. The summed E-state index contributed by atoms with van der Waals surface area (Å²) < 4.78 is 0. The summed E-state index contributed by atoms with van der Waals surface area (Å²) in [7, 11) is -4.34. The van der Waals surface area contributed by atoms with Crippen LogP contribution in [0.5, 0.6) is 0 Å². The van der Waals surface area contributed by atoms with Crippen molar-refractivity contribution in [2.75, 3.05) is 9.80 Å². The van der Waals surface area contributed by atoms with Gasteiger partial charge in [-0.3, -0.25) is 19.9 Å². The third-order valence-corrected chi connectivity index (χ3v) is 22.4. The predicted octanol–water partition coefficient (Wildman–Crippen LogP) is 12.5. The van der Waals surface area contributed by atoms with Crippen LogP contribution in [0.15, 0.2) is 231 Å². The van der Waals surface area contributed by atoms with Crippen LogP contribution < -0.4 is 30.5 Å². The van der Waals surface area contributed by atoms with Crippen molar-refractivity contribution in [1.82, 2.24) is 49.8 Å². The molecule has 12 nitrogen and oxygen atoms in total. The second-order valence-electron chi connectivity index (χ2n) is 21.0. The van der Waals surface area contributed by atoms with Gasteiger partial charge < -0.3 is 9.80 Å². The fourth-order valence-corrected chi connectivity index (χ4v) is 17.4. The number of rotatable bonds is 9. The first-order valence-corrected chi connectivity index (χ1v) is 32.6. The lowest BCUT2D eigenvalue weighted by Crippen LogP contribution is -2.58. The van der Waals surface area contributed by atoms with Crippen LogP contribution in [0.2, 0.25) is 26.2 Å². The maximum Gasteiger partial charge on any atom is 0.182 e. The molecule has 14 heteroatoms. The first kappa shape index (κ1) is 48.4.